The standard InChI is InChI=1S/C20H27N3O2/c1-4-22(5-2)19(24)17-10-7-6-9-16(17)18(20(25)11-8-12-20)23-14-21-13-15(23)3/h6-7,9-10,13-14,18,25H,4-5,8,11-12H2,1-3H3. The summed E-state index contributed by atoms with van der Waals surface area (Å²) in [6.45, 7) is 7.30. The molecule has 1 aliphatic rings. The molecule has 0 aliphatic heterocycles. The maximum Gasteiger partial charge on any atom is 0.254 e. The molecule has 0 spiro atoms. The molecular weight excluding hydrogens is 314 g/mol. The monoisotopic (exact) mass is 341 g/mol. The summed E-state index contributed by atoms with van der Waals surface area (Å²) >= 11 is 0. The van der Waals surface area contributed by atoms with E-state index in [0.29, 0.717) is 18.7 Å². The molecule has 1 N–H and O–H groups in total. The van der Waals surface area contributed by atoms with Crippen molar-refractivity contribution in [2.75, 3.05) is 13.1 Å². The maximum atomic E-state index is 13.0. The minimum Gasteiger partial charge on any atom is -0.387 e. The molecule has 2 aromatic rings. The van der Waals surface area contributed by atoms with Crippen molar-refractivity contribution >= 4 is 5.91 Å². The molecule has 3 rings (SSSR count). The van der Waals surface area contributed by atoms with E-state index in [0.717, 1.165) is 30.5 Å². The highest BCUT2D eigenvalue weighted by molar-refractivity contribution is 5.96. The third-order valence-electron chi connectivity index (χ3n) is 5.40. The Labute approximate surface area is 149 Å². The second-order valence-electron chi connectivity index (χ2n) is 6.87. The molecule has 134 valence electrons. The molecule has 1 fully saturated rings. The molecule has 1 saturated carbocycles. The Balaban J connectivity index is 2.12. The molecule has 1 heterocycles. The molecule has 5 heteroatoms. The molecule has 25 heavy (non-hydrogen) atoms. The molecule has 0 bridgehead atoms. The van der Waals surface area contributed by atoms with Crippen LogP contribution in [0.4, 0.5) is 0 Å². The zero-order chi connectivity index (χ0) is 18.0. The van der Waals surface area contributed by atoms with E-state index in [-0.39, 0.29) is 11.9 Å². The minimum absolute atomic E-state index is 0.0197. The Morgan fingerprint density at radius 3 is 2.52 bits per heavy atom. The summed E-state index contributed by atoms with van der Waals surface area (Å²) in [6.07, 6.45) is 6.04. The SMILES string of the molecule is CCN(CC)C(=O)c1ccccc1C(n1cncc1C)C1(O)CCC1. The molecular formula is C20H27N3O2. The summed E-state index contributed by atoms with van der Waals surface area (Å²) in [4.78, 5) is 19.1. The summed E-state index contributed by atoms with van der Waals surface area (Å²) in [5.41, 5.74) is 1.70. The third kappa shape index (κ3) is 3.09. The first-order chi connectivity index (χ1) is 12.0. The molecule has 1 aromatic carbocycles. The number of nitrogens with zero attached hydrogens (tertiary/aromatic N) is 3. The summed E-state index contributed by atoms with van der Waals surface area (Å²) in [7, 11) is 0. The number of benzene rings is 1. The maximum absolute atomic E-state index is 13.0. The van der Waals surface area contributed by atoms with Gasteiger partial charge in [-0.15, -0.1) is 0 Å². The molecule has 1 atom stereocenters. The van der Waals surface area contributed by atoms with Gasteiger partial charge in [-0.2, -0.15) is 0 Å². The van der Waals surface area contributed by atoms with Gasteiger partial charge >= 0.3 is 0 Å². The topological polar surface area (TPSA) is 58.4 Å². The van der Waals surface area contributed by atoms with Crippen molar-refractivity contribution in [2.45, 2.75) is 51.7 Å². The van der Waals surface area contributed by atoms with Gasteiger partial charge in [-0.1, -0.05) is 18.2 Å². The van der Waals surface area contributed by atoms with Gasteiger partial charge in [0.1, 0.15) is 0 Å². The van der Waals surface area contributed by atoms with Gasteiger partial charge < -0.3 is 14.6 Å². The summed E-state index contributed by atoms with van der Waals surface area (Å²) < 4.78 is 2.01. The number of rotatable bonds is 6. The average Bonchev–Trinajstić information content (AvgIpc) is 3.01. The molecule has 1 aromatic heterocycles. The smallest absolute Gasteiger partial charge is 0.254 e. The van der Waals surface area contributed by atoms with E-state index >= 15 is 0 Å². The van der Waals surface area contributed by atoms with E-state index < -0.39 is 5.60 Å². The number of aliphatic hydroxyl groups is 1. The lowest BCUT2D eigenvalue weighted by atomic mass is 9.71. The van der Waals surface area contributed by atoms with Crippen LogP contribution in [0.25, 0.3) is 0 Å². The normalized spacial score (nSPS) is 17.0. The fourth-order valence-corrected chi connectivity index (χ4v) is 3.76. The summed E-state index contributed by atoms with van der Waals surface area (Å²) in [6, 6.07) is 7.38. The van der Waals surface area contributed by atoms with Gasteiger partial charge in [0.2, 0.25) is 0 Å². The number of carbonyl (C=O) groups excluding carboxylic acids is 1. The van der Waals surface area contributed by atoms with Gasteiger partial charge in [-0.25, -0.2) is 4.98 Å². The van der Waals surface area contributed by atoms with Gasteiger partial charge in [-0.05, 0) is 51.7 Å². The molecule has 5 nitrogen and oxygen atoms in total. The second kappa shape index (κ2) is 7.00. The van der Waals surface area contributed by atoms with Crippen LogP contribution in [0.1, 0.15) is 60.8 Å². The molecule has 1 aliphatic carbocycles. The van der Waals surface area contributed by atoms with Gasteiger partial charge in [0.15, 0.2) is 0 Å². The van der Waals surface area contributed by atoms with E-state index in [1.807, 2.05) is 54.5 Å². The van der Waals surface area contributed by atoms with Crippen LogP contribution in [-0.2, 0) is 0 Å². The summed E-state index contributed by atoms with van der Waals surface area (Å²) in [5.74, 6) is 0.0197. The quantitative estimate of drug-likeness (QED) is 0.878. The third-order valence-corrected chi connectivity index (χ3v) is 5.40. The van der Waals surface area contributed by atoms with E-state index in [9.17, 15) is 9.90 Å². The highest BCUT2D eigenvalue weighted by Gasteiger charge is 2.45. The fourth-order valence-electron chi connectivity index (χ4n) is 3.76. The first kappa shape index (κ1) is 17.7. The lowest BCUT2D eigenvalue weighted by Crippen LogP contribution is -2.47. The van der Waals surface area contributed by atoms with Crippen molar-refractivity contribution in [3.63, 3.8) is 0 Å². The zero-order valence-electron chi connectivity index (χ0n) is 15.3. The average molecular weight is 341 g/mol. The van der Waals surface area contributed by atoms with Crippen molar-refractivity contribution < 1.29 is 9.90 Å². The van der Waals surface area contributed by atoms with E-state index in [2.05, 4.69) is 4.98 Å². The first-order valence-electron chi connectivity index (χ1n) is 9.10. The Morgan fingerprint density at radius 2 is 2.00 bits per heavy atom. The Kier molecular flexibility index (Phi) is 4.95. The summed E-state index contributed by atoms with van der Waals surface area (Å²) in [5, 5.41) is 11.2. The van der Waals surface area contributed by atoms with E-state index in [1.165, 1.54) is 0 Å². The van der Waals surface area contributed by atoms with Gasteiger partial charge in [0.05, 0.1) is 18.0 Å². The molecule has 0 radical (unpaired) electrons. The van der Waals surface area contributed by atoms with Crippen molar-refractivity contribution in [3.05, 3.63) is 53.6 Å². The number of hydrogen-bond acceptors (Lipinski definition) is 3. The number of imidazole rings is 1. The number of carbonyl (C=O) groups is 1. The van der Waals surface area contributed by atoms with Crippen molar-refractivity contribution in [1.82, 2.24) is 14.5 Å². The number of amides is 1. The van der Waals surface area contributed by atoms with Crippen LogP contribution < -0.4 is 0 Å². The number of aryl methyl sites for hydroxylation is 1. The first-order valence-corrected chi connectivity index (χ1v) is 9.10. The van der Waals surface area contributed by atoms with Crippen LogP contribution in [-0.4, -0.2) is 44.2 Å². The van der Waals surface area contributed by atoms with Gasteiger partial charge in [0.25, 0.3) is 5.91 Å². The number of aromatic nitrogens is 2. The Bertz CT molecular complexity index is 745. The molecule has 0 saturated heterocycles. The van der Waals surface area contributed by atoms with Crippen LogP contribution in [0.5, 0.6) is 0 Å². The fraction of sp³-hybridized carbons (Fsp3) is 0.500. The zero-order valence-corrected chi connectivity index (χ0v) is 15.3. The van der Waals surface area contributed by atoms with Crippen molar-refractivity contribution in [1.29, 1.82) is 0 Å². The Hall–Kier alpha value is -2.14. The van der Waals surface area contributed by atoms with Crippen molar-refractivity contribution in [2.24, 2.45) is 0 Å². The van der Waals surface area contributed by atoms with Crippen LogP contribution in [0.2, 0.25) is 0 Å². The predicted molar refractivity (Wildman–Crippen MR) is 97.6 cm³/mol. The lowest BCUT2D eigenvalue weighted by Gasteiger charge is -2.45. The minimum atomic E-state index is -0.828. The Morgan fingerprint density at radius 1 is 1.32 bits per heavy atom. The molecule has 1 unspecified atom stereocenters. The molecule has 1 amide bonds. The largest absolute Gasteiger partial charge is 0.387 e. The highest BCUT2D eigenvalue weighted by atomic mass is 16.3. The second-order valence-corrected chi connectivity index (χ2v) is 6.87. The van der Waals surface area contributed by atoms with Crippen molar-refractivity contribution in [3.8, 4) is 0 Å². The lowest BCUT2D eigenvalue weighted by molar-refractivity contribution is -0.0657. The van der Waals surface area contributed by atoms with Gasteiger partial charge in [-0.3, -0.25) is 4.79 Å². The van der Waals surface area contributed by atoms with Crippen LogP contribution in [0, 0.1) is 6.92 Å². The van der Waals surface area contributed by atoms with Crippen LogP contribution >= 0.6 is 0 Å². The highest BCUT2D eigenvalue weighted by Crippen LogP contribution is 2.45. The number of hydrogen-bond donors (Lipinski definition) is 1. The van der Waals surface area contributed by atoms with E-state index in [1.54, 1.807) is 12.5 Å². The predicted octanol–water partition coefficient (Wildman–Crippen LogP) is 3.18. The van der Waals surface area contributed by atoms with Crippen LogP contribution in [0.3, 0.4) is 0 Å². The van der Waals surface area contributed by atoms with Gasteiger partial charge in [0, 0.05) is 30.5 Å². The van der Waals surface area contributed by atoms with E-state index in [4.69, 9.17) is 0 Å². The van der Waals surface area contributed by atoms with Crippen LogP contribution in [0.15, 0.2) is 36.8 Å².